The molecule has 0 aliphatic rings. The van der Waals surface area contributed by atoms with Crippen molar-refractivity contribution >= 4 is 33.4 Å². The lowest BCUT2D eigenvalue weighted by atomic mass is 10.2. The third-order valence-electron chi connectivity index (χ3n) is 4.08. The lowest BCUT2D eigenvalue weighted by Crippen LogP contribution is -2.47. The van der Waals surface area contributed by atoms with Gasteiger partial charge in [-0.3, -0.25) is 9.59 Å². The first kappa shape index (κ1) is 18.1. The molecule has 1 aromatic carbocycles. The monoisotopic (exact) mass is 371 g/mol. The molecule has 0 saturated carbocycles. The third-order valence-corrected chi connectivity index (χ3v) is 5.13. The molecule has 0 aliphatic heterocycles. The summed E-state index contributed by atoms with van der Waals surface area (Å²) in [6.45, 7) is 5.55. The van der Waals surface area contributed by atoms with Gasteiger partial charge in [-0.1, -0.05) is 19.1 Å². The highest BCUT2D eigenvalue weighted by Crippen LogP contribution is 2.31. The normalized spacial score (nSPS) is 13.3. The van der Waals surface area contributed by atoms with Gasteiger partial charge in [0.2, 0.25) is 5.91 Å². The number of para-hydroxylation sites is 1. The Kier molecular flexibility index (Phi) is 5.37. The van der Waals surface area contributed by atoms with E-state index in [1.807, 2.05) is 38.1 Å². The Balaban J connectivity index is 1.69. The van der Waals surface area contributed by atoms with E-state index >= 15 is 0 Å². The molecule has 2 aromatic heterocycles. The SMILES string of the molecule is CCC(C)NC(=O)C(C)NC(=O)c1ccc(-c2nc3ccccc3s2)o1. The summed E-state index contributed by atoms with van der Waals surface area (Å²) < 4.78 is 6.70. The van der Waals surface area contributed by atoms with E-state index in [1.54, 1.807) is 19.1 Å². The van der Waals surface area contributed by atoms with Crippen LogP contribution in [0.15, 0.2) is 40.8 Å². The summed E-state index contributed by atoms with van der Waals surface area (Å²) in [7, 11) is 0. The van der Waals surface area contributed by atoms with Gasteiger partial charge in [-0.2, -0.15) is 0 Å². The van der Waals surface area contributed by atoms with Crippen molar-refractivity contribution in [3.05, 3.63) is 42.2 Å². The molecule has 2 unspecified atom stereocenters. The Labute approximate surface area is 155 Å². The molecule has 0 spiro atoms. The van der Waals surface area contributed by atoms with E-state index in [0.29, 0.717) is 10.8 Å². The number of hydrogen-bond donors (Lipinski definition) is 2. The van der Waals surface area contributed by atoms with Crippen LogP contribution >= 0.6 is 11.3 Å². The minimum atomic E-state index is -0.646. The average molecular weight is 371 g/mol. The number of rotatable bonds is 6. The van der Waals surface area contributed by atoms with Crippen LogP contribution in [0.2, 0.25) is 0 Å². The summed E-state index contributed by atoms with van der Waals surface area (Å²) in [5, 5.41) is 6.21. The zero-order chi connectivity index (χ0) is 18.7. The molecule has 0 saturated heterocycles. The van der Waals surface area contributed by atoms with E-state index in [9.17, 15) is 9.59 Å². The van der Waals surface area contributed by atoms with E-state index in [0.717, 1.165) is 16.6 Å². The maximum atomic E-state index is 12.3. The van der Waals surface area contributed by atoms with Crippen LogP contribution < -0.4 is 10.6 Å². The second-order valence-corrected chi connectivity index (χ2v) is 7.19. The third kappa shape index (κ3) is 3.94. The highest BCUT2D eigenvalue weighted by molar-refractivity contribution is 7.21. The quantitative estimate of drug-likeness (QED) is 0.693. The molecule has 3 aromatic rings. The average Bonchev–Trinajstić information content (AvgIpc) is 3.27. The van der Waals surface area contributed by atoms with Crippen molar-refractivity contribution < 1.29 is 14.0 Å². The van der Waals surface area contributed by atoms with Gasteiger partial charge in [0.15, 0.2) is 16.5 Å². The lowest BCUT2D eigenvalue weighted by molar-refractivity contribution is -0.123. The van der Waals surface area contributed by atoms with Crippen LogP contribution in [0.1, 0.15) is 37.7 Å². The molecule has 2 atom stereocenters. The molecule has 0 radical (unpaired) electrons. The summed E-state index contributed by atoms with van der Waals surface area (Å²) in [5.41, 5.74) is 0.894. The second kappa shape index (κ2) is 7.70. The Morgan fingerprint density at radius 3 is 2.65 bits per heavy atom. The van der Waals surface area contributed by atoms with Gasteiger partial charge in [0.05, 0.1) is 10.2 Å². The molecule has 26 heavy (non-hydrogen) atoms. The van der Waals surface area contributed by atoms with Crippen LogP contribution in [-0.2, 0) is 4.79 Å². The number of carbonyl (C=O) groups is 2. The molecule has 0 fully saturated rings. The Morgan fingerprint density at radius 2 is 1.92 bits per heavy atom. The predicted octanol–water partition coefficient (Wildman–Crippen LogP) is 3.59. The molecule has 7 heteroatoms. The lowest BCUT2D eigenvalue weighted by Gasteiger charge is -2.16. The summed E-state index contributed by atoms with van der Waals surface area (Å²) in [4.78, 5) is 28.9. The van der Waals surface area contributed by atoms with Gasteiger partial charge in [-0.05, 0) is 44.5 Å². The predicted molar refractivity (Wildman–Crippen MR) is 102 cm³/mol. The maximum Gasteiger partial charge on any atom is 0.287 e. The molecule has 6 nitrogen and oxygen atoms in total. The Bertz CT molecular complexity index is 898. The van der Waals surface area contributed by atoms with E-state index in [4.69, 9.17) is 4.42 Å². The molecule has 0 aliphatic carbocycles. The van der Waals surface area contributed by atoms with Crippen molar-refractivity contribution in [2.24, 2.45) is 0 Å². The smallest absolute Gasteiger partial charge is 0.287 e. The van der Waals surface area contributed by atoms with Crippen molar-refractivity contribution in [1.82, 2.24) is 15.6 Å². The number of thiazole rings is 1. The van der Waals surface area contributed by atoms with Gasteiger partial charge in [0.1, 0.15) is 6.04 Å². The molecule has 2 amide bonds. The van der Waals surface area contributed by atoms with Gasteiger partial charge in [0.25, 0.3) is 5.91 Å². The summed E-state index contributed by atoms with van der Waals surface area (Å²) in [6.07, 6.45) is 0.829. The Hall–Kier alpha value is -2.67. The minimum absolute atomic E-state index is 0.0658. The first-order valence-electron chi connectivity index (χ1n) is 8.55. The first-order chi connectivity index (χ1) is 12.5. The molecule has 2 N–H and O–H groups in total. The van der Waals surface area contributed by atoms with Crippen LogP contribution in [0.3, 0.4) is 0 Å². The standard InChI is InChI=1S/C19H21N3O3S/c1-4-11(2)20-17(23)12(3)21-18(24)14-9-10-15(25-14)19-22-13-7-5-6-8-16(13)26-19/h5-12H,4H2,1-3H3,(H,20,23)(H,21,24). The Morgan fingerprint density at radius 1 is 1.15 bits per heavy atom. The van der Waals surface area contributed by atoms with Gasteiger partial charge in [-0.15, -0.1) is 11.3 Å². The second-order valence-electron chi connectivity index (χ2n) is 6.16. The zero-order valence-corrected chi connectivity index (χ0v) is 15.7. The number of fused-ring (bicyclic) bond motifs is 1. The largest absolute Gasteiger partial charge is 0.448 e. The van der Waals surface area contributed by atoms with E-state index in [-0.39, 0.29) is 17.7 Å². The highest BCUT2D eigenvalue weighted by atomic mass is 32.1. The van der Waals surface area contributed by atoms with Crippen LogP contribution in [0.4, 0.5) is 0 Å². The number of hydrogen-bond acceptors (Lipinski definition) is 5. The van der Waals surface area contributed by atoms with Crippen molar-refractivity contribution in [3.8, 4) is 10.8 Å². The minimum Gasteiger partial charge on any atom is -0.448 e. The first-order valence-corrected chi connectivity index (χ1v) is 9.36. The van der Waals surface area contributed by atoms with Crippen LogP contribution in [-0.4, -0.2) is 28.9 Å². The van der Waals surface area contributed by atoms with Crippen LogP contribution in [0, 0.1) is 0 Å². The fraction of sp³-hybridized carbons (Fsp3) is 0.316. The summed E-state index contributed by atoms with van der Waals surface area (Å²) in [5.74, 6) is 0.0466. The highest BCUT2D eigenvalue weighted by Gasteiger charge is 2.20. The topological polar surface area (TPSA) is 84.2 Å². The van der Waals surface area contributed by atoms with E-state index < -0.39 is 11.9 Å². The molecule has 3 rings (SSSR count). The van der Waals surface area contributed by atoms with Gasteiger partial charge < -0.3 is 15.1 Å². The summed E-state index contributed by atoms with van der Waals surface area (Å²) in [6, 6.07) is 10.5. The van der Waals surface area contributed by atoms with Crippen molar-refractivity contribution in [2.45, 2.75) is 39.3 Å². The number of nitrogens with zero attached hydrogens (tertiary/aromatic N) is 1. The fourth-order valence-electron chi connectivity index (χ4n) is 2.36. The van der Waals surface area contributed by atoms with Gasteiger partial charge in [0, 0.05) is 6.04 Å². The van der Waals surface area contributed by atoms with E-state index in [1.165, 1.54) is 11.3 Å². The van der Waals surface area contributed by atoms with Crippen molar-refractivity contribution in [1.29, 1.82) is 0 Å². The number of amides is 2. The summed E-state index contributed by atoms with van der Waals surface area (Å²) >= 11 is 1.50. The number of nitrogens with one attached hydrogen (secondary N) is 2. The number of furan rings is 1. The van der Waals surface area contributed by atoms with Crippen molar-refractivity contribution in [2.75, 3.05) is 0 Å². The van der Waals surface area contributed by atoms with E-state index in [2.05, 4.69) is 15.6 Å². The van der Waals surface area contributed by atoms with Crippen LogP contribution in [0.5, 0.6) is 0 Å². The fourth-order valence-corrected chi connectivity index (χ4v) is 3.28. The zero-order valence-electron chi connectivity index (χ0n) is 14.9. The molecule has 2 heterocycles. The van der Waals surface area contributed by atoms with Gasteiger partial charge >= 0.3 is 0 Å². The number of carbonyl (C=O) groups excluding carboxylic acids is 2. The molecule has 0 bridgehead atoms. The van der Waals surface area contributed by atoms with Crippen molar-refractivity contribution in [3.63, 3.8) is 0 Å². The maximum absolute atomic E-state index is 12.3. The van der Waals surface area contributed by atoms with Gasteiger partial charge in [-0.25, -0.2) is 4.98 Å². The van der Waals surface area contributed by atoms with Crippen LogP contribution in [0.25, 0.3) is 21.0 Å². The molecule has 136 valence electrons. The number of benzene rings is 1. The molecular formula is C19H21N3O3S. The molecular weight excluding hydrogens is 350 g/mol. The number of aromatic nitrogens is 1.